The molecule has 0 aliphatic carbocycles. The first-order valence-corrected chi connectivity index (χ1v) is 12.3. The summed E-state index contributed by atoms with van der Waals surface area (Å²) < 4.78 is 16.4. The van der Waals surface area contributed by atoms with E-state index >= 15 is 0 Å². The molecule has 3 N–H and O–H groups in total. The fraction of sp³-hybridized carbons (Fsp3) is 0.500. The number of benzene rings is 1. The van der Waals surface area contributed by atoms with Crippen LogP contribution in [0.15, 0.2) is 53.6 Å². The fourth-order valence-electron chi connectivity index (χ4n) is 4.66. The Kier molecular flexibility index (Phi) is 9.17. The number of carbonyl (C=O) groups excluding carboxylic acids is 2. The lowest BCUT2D eigenvalue weighted by Crippen LogP contribution is -2.63. The van der Waals surface area contributed by atoms with Gasteiger partial charge in [0.25, 0.3) is 0 Å². The summed E-state index contributed by atoms with van der Waals surface area (Å²) in [5, 5.41) is 24.6. The summed E-state index contributed by atoms with van der Waals surface area (Å²) in [5.74, 6) is 0.0223. The highest BCUT2D eigenvalue weighted by molar-refractivity contribution is 5.93. The summed E-state index contributed by atoms with van der Waals surface area (Å²) in [7, 11) is 4.71. The van der Waals surface area contributed by atoms with Gasteiger partial charge in [0.05, 0.1) is 19.6 Å². The summed E-state index contributed by atoms with van der Waals surface area (Å²) in [6.07, 6.45) is 4.41. The monoisotopic (exact) mass is 514 g/mol. The van der Waals surface area contributed by atoms with Gasteiger partial charge in [-0.1, -0.05) is 36.8 Å². The molecule has 4 bridgehead atoms. The summed E-state index contributed by atoms with van der Waals surface area (Å²) in [6, 6.07) is 5.61. The van der Waals surface area contributed by atoms with Crippen molar-refractivity contribution in [3.05, 3.63) is 59.2 Å². The number of carbonyl (C=O) groups is 2. The number of amides is 2. The molecule has 0 saturated carbocycles. The topological polar surface area (TPSA) is 118 Å². The first-order chi connectivity index (χ1) is 17.4. The van der Waals surface area contributed by atoms with E-state index in [1.807, 2.05) is 32.1 Å². The van der Waals surface area contributed by atoms with Crippen LogP contribution in [0.5, 0.6) is 5.75 Å². The molecule has 1 fully saturated rings. The maximum atomic E-state index is 13.0. The molecule has 3 rings (SSSR count). The first-order valence-electron chi connectivity index (χ1n) is 12.3. The van der Waals surface area contributed by atoms with Crippen LogP contribution in [0.4, 0.5) is 10.5 Å². The van der Waals surface area contributed by atoms with Crippen LogP contribution in [0.1, 0.15) is 39.2 Å². The number of methoxy groups -OCH3 is 2. The lowest BCUT2D eigenvalue weighted by atomic mass is 9.89. The number of allylic oxidation sites excluding steroid dienone is 3. The maximum Gasteiger partial charge on any atom is 0.409 e. The normalized spacial score (nSPS) is 29.7. The molecule has 0 spiro atoms. The molecule has 37 heavy (non-hydrogen) atoms. The Hall–Kier alpha value is -3.14. The Bertz CT molecular complexity index is 1100. The number of ether oxygens (including phenoxy) is 3. The van der Waals surface area contributed by atoms with Gasteiger partial charge in [-0.25, -0.2) is 4.79 Å². The van der Waals surface area contributed by atoms with E-state index in [4.69, 9.17) is 14.2 Å². The van der Waals surface area contributed by atoms with Crippen LogP contribution in [-0.2, 0) is 20.7 Å². The smallest absolute Gasteiger partial charge is 0.409 e. The lowest BCUT2D eigenvalue weighted by molar-refractivity contribution is -0.138. The van der Waals surface area contributed by atoms with E-state index in [9.17, 15) is 19.8 Å². The second-order valence-corrected chi connectivity index (χ2v) is 9.91. The highest BCUT2D eigenvalue weighted by atomic mass is 16.6. The van der Waals surface area contributed by atoms with Gasteiger partial charge < -0.3 is 29.3 Å². The van der Waals surface area contributed by atoms with Crippen molar-refractivity contribution < 1.29 is 34.0 Å². The molecule has 2 heterocycles. The number of fused-ring (bicyclic) bond motifs is 4. The van der Waals surface area contributed by atoms with Crippen LogP contribution in [0, 0.1) is 5.92 Å². The Morgan fingerprint density at radius 3 is 2.59 bits per heavy atom. The van der Waals surface area contributed by atoms with Crippen LogP contribution < -0.4 is 15.0 Å². The van der Waals surface area contributed by atoms with E-state index in [1.165, 1.54) is 12.0 Å². The molecule has 1 aromatic carbocycles. The highest BCUT2D eigenvalue weighted by Crippen LogP contribution is 2.30. The molecule has 9 heteroatoms. The average Bonchev–Trinajstić information content (AvgIpc) is 2.84. The van der Waals surface area contributed by atoms with E-state index in [2.05, 4.69) is 5.32 Å². The van der Waals surface area contributed by atoms with E-state index in [0.29, 0.717) is 23.4 Å². The third kappa shape index (κ3) is 7.00. The minimum Gasteiger partial charge on any atom is -0.497 e. The molecule has 2 aliphatic rings. The van der Waals surface area contributed by atoms with Crippen LogP contribution in [0.25, 0.3) is 0 Å². The van der Waals surface area contributed by atoms with Crippen LogP contribution in [-0.4, -0.2) is 67.5 Å². The van der Waals surface area contributed by atoms with Crippen LogP contribution in [0.2, 0.25) is 0 Å². The van der Waals surface area contributed by atoms with Gasteiger partial charge in [0.15, 0.2) is 5.72 Å². The second-order valence-electron chi connectivity index (χ2n) is 9.91. The van der Waals surface area contributed by atoms with Gasteiger partial charge >= 0.3 is 6.09 Å². The molecule has 1 aromatic rings. The Balaban J connectivity index is 2.04. The number of anilines is 1. The van der Waals surface area contributed by atoms with E-state index in [-0.39, 0.29) is 24.7 Å². The number of nitrogens with one attached hydrogen (secondary N) is 1. The minimum atomic E-state index is -1.69. The zero-order chi connectivity index (χ0) is 27.3. The van der Waals surface area contributed by atoms with E-state index in [0.717, 1.165) is 11.1 Å². The predicted molar refractivity (Wildman–Crippen MR) is 140 cm³/mol. The predicted octanol–water partition coefficient (Wildman–Crippen LogP) is 3.25. The molecule has 2 aliphatic heterocycles. The molecule has 0 radical (unpaired) electrons. The van der Waals surface area contributed by atoms with Crippen molar-refractivity contribution in [3.8, 4) is 5.75 Å². The minimum absolute atomic E-state index is 0.0681. The first kappa shape index (κ1) is 28.4. The standard InChI is InChI=1S/C28H38N2O7/c1-17-8-7-9-25(36-6)28(34)16-24(37-27(33)29-28)19(3)11-18(2)23(31)15-26(32)30(4)21-12-20(10-17)13-22(14-21)35-5/h7-9,11-14,19,23-25,31,34H,10,15-16H2,1-6H3,(H,29,33)/t19-,23-,24-,25+,28-/m0/s1. The number of aliphatic hydroxyl groups is 2. The van der Waals surface area contributed by atoms with Crippen molar-refractivity contribution in [2.75, 3.05) is 26.2 Å². The van der Waals surface area contributed by atoms with Gasteiger partial charge in [0.2, 0.25) is 5.91 Å². The molecular formula is C28H38N2O7. The van der Waals surface area contributed by atoms with E-state index in [1.54, 1.807) is 45.4 Å². The van der Waals surface area contributed by atoms with Gasteiger partial charge in [-0.05, 0) is 43.5 Å². The number of hydrogen-bond acceptors (Lipinski definition) is 7. The molecule has 2 amide bonds. The van der Waals surface area contributed by atoms with Crippen molar-refractivity contribution in [2.24, 2.45) is 5.92 Å². The molecule has 5 atom stereocenters. The summed E-state index contributed by atoms with van der Waals surface area (Å²) >= 11 is 0. The number of nitrogens with zero attached hydrogens (tertiary/aromatic N) is 1. The largest absolute Gasteiger partial charge is 0.497 e. The van der Waals surface area contributed by atoms with Gasteiger partial charge in [-0.2, -0.15) is 0 Å². The van der Waals surface area contributed by atoms with Crippen molar-refractivity contribution in [2.45, 2.75) is 64.1 Å². The lowest BCUT2D eigenvalue weighted by Gasteiger charge is -2.41. The molecule has 202 valence electrons. The zero-order valence-corrected chi connectivity index (χ0v) is 22.4. The Labute approximate surface area is 218 Å². The van der Waals surface area contributed by atoms with E-state index < -0.39 is 30.1 Å². The molecule has 0 aromatic heterocycles. The van der Waals surface area contributed by atoms with Gasteiger partial charge in [0.1, 0.15) is 18.0 Å². The van der Waals surface area contributed by atoms with Gasteiger partial charge in [-0.3, -0.25) is 10.1 Å². The third-order valence-corrected chi connectivity index (χ3v) is 6.92. The number of hydrogen-bond donors (Lipinski definition) is 3. The zero-order valence-electron chi connectivity index (χ0n) is 22.4. The van der Waals surface area contributed by atoms with Crippen LogP contribution >= 0.6 is 0 Å². The van der Waals surface area contributed by atoms with Gasteiger partial charge in [-0.15, -0.1) is 0 Å². The molecular weight excluding hydrogens is 476 g/mol. The molecule has 9 nitrogen and oxygen atoms in total. The van der Waals surface area contributed by atoms with Crippen molar-refractivity contribution >= 4 is 17.7 Å². The maximum absolute atomic E-state index is 13.0. The number of rotatable bonds is 2. The quantitative estimate of drug-likeness (QED) is 0.519. The number of alkyl carbamates (subject to hydrolysis) is 1. The van der Waals surface area contributed by atoms with Crippen molar-refractivity contribution in [1.29, 1.82) is 0 Å². The summed E-state index contributed by atoms with van der Waals surface area (Å²) in [4.78, 5) is 26.9. The average molecular weight is 515 g/mol. The Morgan fingerprint density at radius 2 is 1.92 bits per heavy atom. The molecule has 1 saturated heterocycles. The summed E-state index contributed by atoms with van der Waals surface area (Å²) in [5.41, 5.74) is 1.50. The highest BCUT2D eigenvalue weighted by Gasteiger charge is 2.46. The fourth-order valence-corrected chi connectivity index (χ4v) is 4.66. The SMILES string of the molecule is COc1cc2cc(c1)N(C)C(=O)C[C@H](O)C(C)=C[C@H](C)[C@@H]1C[C@@](O)(NC(=O)O1)[C@H](OC)C=CC=C(C)C2. The van der Waals surface area contributed by atoms with Gasteiger partial charge in [0, 0.05) is 38.2 Å². The summed E-state index contributed by atoms with van der Waals surface area (Å²) in [6.45, 7) is 5.53. The molecule has 0 unspecified atom stereocenters. The van der Waals surface area contributed by atoms with Crippen molar-refractivity contribution in [3.63, 3.8) is 0 Å². The van der Waals surface area contributed by atoms with Crippen molar-refractivity contribution in [1.82, 2.24) is 5.32 Å². The number of aliphatic hydroxyl groups excluding tert-OH is 1. The third-order valence-electron chi connectivity index (χ3n) is 6.92. The Morgan fingerprint density at radius 1 is 1.19 bits per heavy atom. The second kappa shape index (κ2) is 11.9. The van der Waals surface area contributed by atoms with Crippen LogP contribution in [0.3, 0.4) is 0 Å².